The minimum absolute atomic E-state index is 0.294. The molecule has 0 aliphatic carbocycles. The normalized spacial score (nSPS) is 20.4. The van der Waals surface area contributed by atoms with Crippen molar-refractivity contribution in [2.75, 3.05) is 46.3 Å². The predicted molar refractivity (Wildman–Crippen MR) is 108 cm³/mol. The number of hydrogen-bond donors (Lipinski definition) is 1. The standard InChI is InChI=1S/C21H31N5O/c1-16-13-17(14-18-15-22-23-21(16)18)3-4-20(27)26-11-9-25(10-12-26)19-5-7-24(2)8-6-19/h13-15,19H,3-12H2,1-2H3,(H,22,23). The third kappa shape index (κ3) is 4.17. The van der Waals surface area contributed by atoms with Gasteiger partial charge >= 0.3 is 0 Å². The van der Waals surface area contributed by atoms with Crippen LogP contribution in [-0.4, -0.2) is 83.2 Å². The van der Waals surface area contributed by atoms with Crippen molar-refractivity contribution in [1.29, 1.82) is 0 Å². The predicted octanol–water partition coefficient (Wildman–Crippen LogP) is 2.04. The molecule has 2 saturated heterocycles. The second-order valence-corrected chi connectivity index (χ2v) is 8.20. The largest absolute Gasteiger partial charge is 0.340 e. The molecule has 2 aliphatic heterocycles. The Morgan fingerprint density at radius 1 is 1.15 bits per heavy atom. The van der Waals surface area contributed by atoms with E-state index in [4.69, 9.17) is 0 Å². The van der Waals surface area contributed by atoms with Crippen LogP contribution in [0.4, 0.5) is 0 Å². The zero-order valence-electron chi connectivity index (χ0n) is 16.6. The molecule has 1 N–H and O–H groups in total. The molecule has 4 rings (SSSR count). The van der Waals surface area contributed by atoms with Gasteiger partial charge in [-0.05, 0) is 63.5 Å². The number of likely N-dealkylation sites (tertiary alicyclic amines) is 1. The zero-order valence-corrected chi connectivity index (χ0v) is 16.6. The Morgan fingerprint density at radius 2 is 1.89 bits per heavy atom. The second-order valence-electron chi connectivity index (χ2n) is 8.20. The molecule has 146 valence electrons. The molecule has 2 fully saturated rings. The molecule has 1 amide bonds. The van der Waals surface area contributed by atoms with Crippen molar-refractivity contribution in [2.45, 2.75) is 38.6 Å². The van der Waals surface area contributed by atoms with Gasteiger partial charge in [0.1, 0.15) is 0 Å². The maximum Gasteiger partial charge on any atom is 0.222 e. The van der Waals surface area contributed by atoms with E-state index in [2.05, 4.69) is 51.0 Å². The smallest absolute Gasteiger partial charge is 0.222 e. The lowest BCUT2D eigenvalue weighted by Gasteiger charge is -2.42. The maximum atomic E-state index is 12.7. The molecule has 0 spiro atoms. The number of hydrogen-bond acceptors (Lipinski definition) is 4. The number of nitrogens with one attached hydrogen (secondary N) is 1. The number of aryl methyl sites for hydroxylation is 2. The number of nitrogens with zero attached hydrogens (tertiary/aromatic N) is 4. The fourth-order valence-corrected chi connectivity index (χ4v) is 4.56. The van der Waals surface area contributed by atoms with Gasteiger partial charge in [-0.25, -0.2) is 0 Å². The minimum atomic E-state index is 0.294. The van der Waals surface area contributed by atoms with Crippen LogP contribution in [0.2, 0.25) is 0 Å². The fraction of sp³-hybridized carbons (Fsp3) is 0.619. The molecule has 0 unspecified atom stereocenters. The van der Waals surface area contributed by atoms with Crippen LogP contribution in [0, 0.1) is 6.92 Å². The summed E-state index contributed by atoms with van der Waals surface area (Å²) in [6, 6.07) is 5.03. The first-order chi connectivity index (χ1) is 13.1. The molecular formula is C21H31N5O. The van der Waals surface area contributed by atoms with E-state index in [1.165, 1.54) is 37.1 Å². The molecule has 3 heterocycles. The van der Waals surface area contributed by atoms with Gasteiger partial charge in [0.25, 0.3) is 0 Å². The van der Waals surface area contributed by atoms with Gasteiger partial charge in [-0.1, -0.05) is 6.07 Å². The number of H-pyrrole nitrogens is 1. The van der Waals surface area contributed by atoms with Crippen molar-refractivity contribution < 1.29 is 4.79 Å². The number of carbonyl (C=O) groups is 1. The summed E-state index contributed by atoms with van der Waals surface area (Å²) in [5.74, 6) is 0.294. The first-order valence-electron chi connectivity index (χ1n) is 10.2. The van der Waals surface area contributed by atoms with Crippen LogP contribution in [0.1, 0.15) is 30.4 Å². The van der Waals surface area contributed by atoms with Gasteiger partial charge < -0.3 is 9.80 Å². The third-order valence-electron chi connectivity index (χ3n) is 6.30. The summed E-state index contributed by atoms with van der Waals surface area (Å²) >= 11 is 0. The molecule has 0 radical (unpaired) electrons. The lowest BCUT2D eigenvalue weighted by molar-refractivity contribution is -0.133. The Kier molecular flexibility index (Phi) is 5.45. The topological polar surface area (TPSA) is 55.5 Å². The third-order valence-corrected chi connectivity index (χ3v) is 6.30. The van der Waals surface area contributed by atoms with E-state index in [0.717, 1.165) is 43.5 Å². The molecule has 0 atom stereocenters. The minimum Gasteiger partial charge on any atom is -0.340 e. The number of carbonyl (C=O) groups excluding carboxylic acids is 1. The molecule has 1 aromatic carbocycles. The lowest BCUT2D eigenvalue weighted by Crippen LogP contribution is -2.54. The number of aromatic nitrogens is 2. The molecule has 2 aromatic rings. The Morgan fingerprint density at radius 3 is 2.63 bits per heavy atom. The van der Waals surface area contributed by atoms with Crippen LogP contribution in [0.5, 0.6) is 0 Å². The summed E-state index contributed by atoms with van der Waals surface area (Å²) in [4.78, 5) is 19.8. The number of rotatable bonds is 4. The number of aromatic amines is 1. The van der Waals surface area contributed by atoms with Gasteiger partial charge in [-0.2, -0.15) is 5.10 Å². The van der Waals surface area contributed by atoms with Gasteiger partial charge in [0.15, 0.2) is 0 Å². The van der Waals surface area contributed by atoms with E-state index in [1.807, 2.05) is 6.20 Å². The van der Waals surface area contributed by atoms with Gasteiger partial charge in [0.2, 0.25) is 5.91 Å². The quantitative estimate of drug-likeness (QED) is 0.896. The Balaban J connectivity index is 1.26. The molecular weight excluding hydrogens is 338 g/mol. The van der Waals surface area contributed by atoms with Crippen molar-refractivity contribution in [2.24, 2.45) is 0 Å². The Bertz CT molecular complexity index is 785. The summed E-state index contributed by atoms with van der Waals surface area (Å²) in [5.41, 5.74) is 3.51. The Labute approximate surface area is 161 Å². The van der Waals surface area contributed by atoms with E-state index in [9.17, 15) is 4.79 Å². The molecule has 2 aliphatic rings. The Hall–Kier alpha value is -1.92. The molecule has 6 nitrogen and oxygen atoms in total. The second kappa shape index (κ2) is 7.98. The number of benzene rings is 1. The van der Waals surface area contributed by atoms with Crippen LogP contribution in [0.15, 0.2) is 18.3 Å². The number of piperidine rings is 1. The number of amides is 1. The average molecular weight is 370 g/mol. The van der Waals surface area contributed by atoms with Gasteiger partial charge in [-0.15, -0.1) is 0 Å². The number of fused-ring (bicyclic) bond motifs is 1. The monoisotopic (exact) mass is 369 g/mol. The van der Waals surface area contributed by atoms with Crippen LogP contribution >= 0.6 is 0 Å². The van der Waals surface area contributed by atoms with Crippen molar-refractivity contribution in [3.05, 3.63) is 29.5 Å². The van der Waals surface area contributed by atoms with E-state index in [1.54, 1.807) is 0 Å². The van der Waals surface area contributed by atoms with Gasteiger partial charge in [0.05, 0.1) is 11.7 Å². The summed E-state index contributed by atoms with van der Waals surface area (Å²) in [7, 11) is 2.21. The highest BCUT2D eigenvalue weighted by Gasteiger charge is 2.27. The fourth-order valence-electron chi connectivity index (χ4n) is 4.56. The summed E-state index contributed by atoms with van der Waals surface area (Å²) in [6.07, 6.45) is 5.78. The highest BCUT2D eigenvalue weighted by Crippen LogP contribution is 2.20. The van der Waals surface area contributed by atoms with E-state index in [0.29, 0.717) is 18.4 Å². The molecule has 6 heteroatoms. The maximum absolute atomic E-state index is 12.7. The van der Waals surface area contributed by atoms with E-state index in [-0.39, 0.29) is 0 Å². The summed E-state index contributed by atoms with van der Waals surface area (Å²) in [6.45, 7) is 8.30. The highest BCUT2D eigenvalue weighted by molar-refractivity contribution is 5.82. The SMILES string of the molecule is Cc1cc(CCC(=O)N2CCN(C3CCN(C)CC3)CC2)cc2cn[nH]c12. The first kappa shape index (κ1) is 18.4. The van der Waals surface area contributed by atoms with Crippen LogP contribution in [-0.2, 0) is 11.2 Å². The highest BCUT2D eigenvalue weighted by atomic mass is 16.2. The van der Waals surface area contributed by atoms with Crippen molar-refractivity contribution >= 4 is 16.8 Å². The van der Waals surface area contributed by atoms with E-state index < -0.39 is 0 Å². The van der Waals surface area contributed by atoms with Gasteiger partial charge in [-0.3, -0.25) is 14.8 Å². The van der Waals surface area contributed by atoms with Crippen LogP contribution in [0.3, 0.4) is 0 Å². The van der Waals surface area contributed by atoms with Gasteiger partial charge in [0, 0.05) is 44.0 Å². The van der Waals surface area contributed by atoms with Crippen molar-refractivity contribution in [3.8, 4) is 0 Å². The molecule has 0 saturated carbocycles. The van der Waals surface area contributed by atoms with E-state index >= 15 is 0 Å². The number of piperazine rings is 1. The van der Waals surface area contributed by atoms with Crippen molar-refractivity contribution in [3.63, 3.8) is 0 Å². The van der Waals surface area contributed by atoms with Crippen molar-refractivity contribution in [1.82, 2.24) is 24.9 Å². The summed E-state index contributed by atoms with van der Waals surface area (Å²) < 4.78 is 0. The lowest BCUT2D eigenvalue weighted by atomic mass is 10.0. The molecule has 27 heavy (non-hydrogen) atoms. The molecule has 1 aromatic heterocycles. The first-order valence-corrected chi connectivity index (χ1v) is 10.2. The molecule has 0 bridgehead atoms. The van der Waals surface area contributed by atoms with Crippen LogP contribution < -0.4 is 0 Å². The summed E-state index contributed by atoms with van der Waals surface area (Å²) in [5, 5.41) is 8.28. The zero-order chi connectivity index (χ0) is 18.8. The van der Waals surface area contributed by atoms with Crippen LogP contribution in [0.25, 0.3) is 10.9 Å². The average Bonchev–Trinajstić information content (AvgIpc) is 3.16.